The Balaban J connectivity index is 1.10. The zero-order chi connectivity index (χ0) is 55.6. The number of benzene rings is 13. The molecule has 14 aromatic rings. The molecule has 394 valence electrons. The molecule has 1 aromatic heterocycles. The van der Waals surface area contributed by atoms with Gasteiger partial charge >= 0.3 is 0 Å². The third kappa shape index (κ3) is 7.51. The summed E-state index contributed by atoms with van der Waals surface area (Å²) in [5.74, 6) is 0. The summed E-state index contributed by atoms with van der Waals surface area (Å²) in [5, 5.41) is 13.2. The average Bonchev–Trinajstić information content (AvgIpc) is 0.844. The maximum atomic E-state index is 2.67. The van der Waals surface area contributed by atoms with Crippen molar-refractivity contribution < 1.29 is 0 Å². The maximum Gasteiger partial charge on any atom is 0.252 e. The summed E-state index contributed by atoms with van der Waals surface area (Å²) in [6.07, 6.45) is 0. The number of aromatic nitrogens is 1. The lowest BCUT2D eigenvalue weighted by atomic mass is 9.33. The largest absolute Gasteiger partial charge is 0.311 e. The van der Waals surface area contributed by atoms with Crippen LogP contribution in [-0.2, 0) is 0 Å². The van der Waals surface area contributed by atoms with Crippen LogP contribution in [0.25, 0.3) is 27.5 Å². The molecule has 3 heterocycles. The lowest BCUT2D eigenvalue weighted by Crippen LogP contribution is -2.76. The number of fused-ring (bicyclic) bond motifs is 7. The van der Waals surface area contributed by atoms with Gasteiger partial charge in [0, 0.05) is 44.9 Å². The molecule has 0 amide bonds. The molecule has 13 aromatic carbocycles. The monoisotopic (exact) mass is 1100 g/mol. The minimum Gasteiger partial charge on any atom is -0.311 e. The van der Waals surface area contributed by atoms with E-state index >= 15 is 0 Å². The maximum absolute atomic E-state index is 3.23. The molecule has 0 unspecified atom stereocenters. The number of hydrogen-bond donors (Lipinski definition) is 0. The minimum atomic E-state index is -3.23. The predicted molar refractivity (Wildman–Crippen MR) is 362 cm³/mol. The van der Waals surface area contributed by atoms with E-state index in [0.717, 1.165) is 28.4 Å². The summed E-state index contributed by atoms with van der Waals surface area (Å²) in [6, 6.07) is 129. The minimum absolute atomic E-state index is 0.199. The van der Waals surface area contributed by atoms with E-state index in [4.69, 9.17) is 0 Å². The van der Waals surface area contributed by atoms with Crippen LogP contribution in [0.1, 0.15) is 0 Å². The Kier molecular flexibility index (Phi) is 12.0. The highest BCUT2D eigenvalue weighted by Crippen LogP contribution is 2.46. The van der Waals surface area contributed by atoms with Gasteiger partial charge in [0.2, 0.25) is 0 Å². The van der Waals surface area contributed by atoms with Crippen molar-refractivity contribution in [3.05, 3.63) is 340 Å². The van der Waals surface area contributed by atoms with E-state index in [9.17, 15) is 0 Å². The molecule has 16 rings (SSSR count). The van der Waals surface area contributed by atoms with Crippen molar-refractivity contribution in [2.24, 2.45) is 0 Å². The molecule has 2 aliphatic heterocycles. The second-order valence-electron chi connectivity index (χ2n) is 22.3. The molecule has 84 heavy (non-hydrogen) atoms. The molecular weight excluding hydrogens is 1050 g/mol. The van der Waals surface area contributed by atoms with E-state index in [-0.39, 0.29) is 6.71 Å². The molecule has 0 saturated carbocycles. The van der Waals surface area contributed by atoms with Crippen LogP contribution in [0.4, 0.5) is 34.1 Å². The van der Waals surface area contributed by atoms with Gasteiger partial charge in [-0.2, -0.15) is 0 Å². The van der Waals surface area contributed by atoms with Gasteiger partial charge < -0.3 is 14.4 Å². The summed E-state index contributed by atoms with van der Waals surface area (Å²) in [4.78, 5) is 5.25. The standard InChI is InChI=1S/C78H56BN3Si2/c1-9-30-57(31-10-1)80-73-53-52-66(83(60-34-13-3-14-35-60,61-36-15-4-16-37-61)62-38-17-5-18-39-62)56-70(73)79-69-48-29-51-76(84(63-40-19-6-20-41-63,64-42-21-7-22-43-64)65-44-23-8-24-45-65)78(69)82(58-32-11-2-12-33-58)75-55-59(54-74(80)77(75)79)81-71-49-27-25-46-67(71)68-47-26-28-50-72(68)81/h1-56H. The van der Waals surface area contributed by atoms with Crippen LogP contribution in [-0.4, -0.2) is 27.4 Å². The van der Waals surface area contributed by atoms with E-state index in [1.54, 1.807) is 0 Å². The molecule has 0 saturated heterocycles. The molecular formula is C78H56BN3Si2. The first-order chi connectivity index (χ1) is 41.7. The van der Waals surface area contributed by atoms with Gasteiger partial charge in [-0.3, -0.25) is 0 Å². The zero-order valence-electron chi connectivity index (χ0n) is 46.3. The molecule has 6 heteroatoms. The van der Waals surface area contributed by atoms with Crippen molar-refractivity contribution >= 4 is 137 Å². The Labute approximate surface area is 493 Å². The first-order valence-electron chi connectivity index (χ1n) is 29.2. The normalized spacial score (nSPS) is 12.7. The van der Waals surface area contributed by atoms with Gasteiger partial charge in [0.05, 0.1) is 16.7 Å². The Hall–Kier alpha value is -10.2. The van der Waals surface area contributed by atoms with Gasteiger partial charge in [0.25, 0.3) is 6.71 Å². The Bertz CT molecular complexity index is 4470. The van der Waals surface area contributed by atoms with Crippen molar-refractivity contribution in [1.29, 1.82) is 0 Å². The predicted octanol–water partition coefficient (Wildman–Crippen LogP) is 11.6. The Morgan fingerprint density at radius 2 is 0.631 bits per heavy atom. The Morgan fingerprint density at radius 3 is 1.08 bits per heavy atom. The third-order valence-corrected chi connectivity index (χ3v) is 27.6. The number of rotatable bonds is 11. The third-order valence-electron chi connectivity index (χ3n) is 18.0. The van der Waals surface area contributed by atoms with Crippen LogP contribution in [0.5, 0.6) is 0 Å². The van der Waals surface area contributed by atoms with Crippen LogP contribution >= 0.6 is 0 Å². The molecule has 0 aliphatic carbocycles. The fourth-order valence-corrected chi connectivity index (χ4v) is 24.4. The van der Waals surface area contributed by atoms with Crippen LogP contribution in [0.3, 0.4) is 0 Å². The van der Waals surface area contributed by atoms with Gasteiger partial charge in [-0.25, -0.2) is 0 Å². The lowest BCUT2D eigenvalue weighted by molar-refractivity contribution is 1.16. The summed E-state index contributed by atoms with van der Waals surface area (Å²) >= 11 is 0. The van der Waals surface area contributed by atoms with E-state index in [0.29, 0.717) is 0 Å². The van der Waals surface area contributed by atoms with Crippen LogP contribution in [0.15, 0.2) is 340 Å². The summed E-state index contributed by atoms with van der Waals surface area (Å²) < 4.78 is 2.51. The first kappa shape index (κ1) is 49.6. The van der Waals surface area contributed by atoms with Gasteiger partial charge in [-0.1, -0.05) is 285 Å². The Morgan fingerprint density at radius 1 is 0.250 bits per heavy atom. The van der Waals surface area contributed by atoms with Crippen LogP contribution in [0.2, 0.25) is 0 Å². The zero-order valence-corrected chi connectivity index (χ0v) is 48.3. The van der Waals surface area contributed by atoms with E-state index in [1.165, 1.54) is 91.1 Å². The van der Waals surface area contributed by atoms with Crippen LogP contribution in [0, 0.1) is 0 Å². The fraction of sp³-hybridized carbons (Fsp3) is 0. The first-order valence-corrected chi connectivity index (χ1v) is 33.2. The van der Waals surface area contributed by atoms with Crippen LogP contribution < -0.4 is 67.7 Å². The van der Waals surface area contributed by atoms with E-state index in [2.05, 4.69) is 354 Å². The van der Waals surface area contributed by atoms with Crippen molar-refractivity contribution in [2.45, 2.75) is 0 Å². The molecule has 0 bridgehead atoms. The molecule has 2 aliphatic rings. The van der Waals surface area contributed by atoms with Crippen molar-refractivity contribution in [2.75, 3.05) is 9.80 Å². The van der Waals surface area contributed by atoms with Crippen molar-refractivity contribution in [1.82, 2.24) is 4.57 Å². The average molecular weight is 1100 g/mol. The highest BCUT2D eigenvalue weighted by Gasteiger charge is 2.51. The molecule has 0 spiro atoms. The van der Waals surface area contributed by atoms with Gasteiger partial charge in [-0.15, -0.1) is 0 Å². The van der Waals surface area contributed by atoms with E-state index < -0.39 is 16.1 Å². The number of nitrogens with zero attached hydrogens (tertiary/aromatic N) is 3. The van der Waals surface area contributed by atoms with Crippen molar-refractivity contribution in [3.63, 3.8) is 0 Å². The lowest BCUT2D eigenvalue weighted by Gasteiger charge is -2.47. The number of hydrogen-bond acceptors (Lipinski definition) is 2. The summed E-state index contributed by atoms with van der Waals surface area (Å²) in [6.45, 7) is -0.199. The number of para-hydroxylation sites is 5. The highest BCUT2D eigenvalue weighted by atomic mass is 28.3. The van der Waals surface area contributed by atoms with Gasteiger partial charge in [-0.05, 0) is 112 Å². The fourth-order valence-electron chi connectivity index (χ4n) is 14.7. The molecule has 0 N–H and O–H groups in total. The second-order valence-corrected chi connectivity index (χ2v) is 29.8. The van der Waals surface area contributed by atoms with Gasteiger partial charge in [0.1, 0.15) is 0 Å². The summed E-state index contributed by atoms with van der Waals surface area (Å²) in [7, 11) is -6.28. The SMILES string of the molecule is c1ccc(N2c3ccc([Si](c4ccccc4)(c4ccccc4)c4ccccc4)cc3B3c4cccc([Si](c5ccccc5)(c5ccccc5)c5ccccc5)c4N(c4ccccc4)c4cc(-n5c6ccccc6c6ccccc65)cc2c43)cc1. The quantitative estimate of drug-likeness (QED) is 0.0945. The van der Waals surface area contributed by atoms with Crippen molar-refractivity contribution in [3.8, 4) is 5.69 Å². The smallest absolute Gasteiger partial charge is 0.252 e. The topological polar surface area (TPSA) is 11.4 Å². The second kappa shape index (κ2) is 20.3. The van der Waals surface area contributed by atoms with E-state index in [1.807, 2.05) is 0 Å². The molecule has 3 nitrogen and oxygen atoms in total. The molecule has 0 atom stereocenters. The molecule has 0 fully saturated rings. The van der Waals surface area contributed by atoms with Gasteiger partial charge in [0.15, 0.2) is 16.1 Å². The highest BCUT2D eigenvalue weighted by molar-refractivity contribution is 7.21. The summed E-state index contributed by atoms with van der Waals surface area (Å²) in [5.41, 5.74) is 14.2. The number of anilines is 6. The molecule has 0 radical (unpaired) electrons.